The molecule has 1 aromatic heterocycles. The molecule has 5 heteroatoms. The largest absolute Gasteiger partial charge is 0.359 e. The number of nitrogens with two attached hydrogens (primary N) is 1. The van der Waals surface area contributed by atoms with Crippen LogP contribution in [0, 0.1) is 5.92 Å². The van der Waals surface area contributed by atoms with Crippen LogP contribution in [0.15, 0.2) is 12.4 Å². The second-order valence-electron chi connectivity index (χ2n) is 4.79. The standard InChI is InChI=1S/C12H21N5/c1-17(8-10-5-3-2-4-6-10)12-7-11(16-13)14-9-15-12/h7,9-10H,2-6,8,13H2,1H3,(H,14,15,16). The Morgan fingerprint density at radius 1 is 1.35 bits per heavy atom. The fourth-order valence-electron chi connectivity index (χ4n) is 2.49. The lowest BCUT2D eigenvalue weighted by Crippen LogP contribution is -2.27. The van der Waals surface area contributed by atoms with Gasteiger partial charge < -0.3 is 10.3 Å². The summed E-state index contributed by atoms with van der Waals surface area (Å²) in [4.78, 5) is 10.5. The Bertz CT molecular complexity index is 349. The lowest BCUT2D eigenvalue weighted by molar-refractivity contribution is 0.361. The van der Waals surface area contributed by atoms with Gasteiger partial charge in [-0.3, -0.25) is 0 Å². The van der Waals surface area contributed by atoms with Crippen molar-refractivity contribution in [2.24, 2.45) is 11.8 Å². The zero-order valence-corrected chi connectivity index (χ0v) is 10.4. The van der Waals surface area contributed by atoms with Gasteiger partial charge in [0.05, 0.1) is 0 Å². The van der Waals surface area contributed by atoms with Crippen LogP contribution in [0.25, 0.3) is 0 Å². The predicted molar refractivity (Wildman–Crippen MR) is 69.7 cm³/mol. The maximum Gasteiger partial charge on any atom is 0.145 e. The molecule has 1 fully saturated rings. The van der Waals surface area contributed by atoms with Gasteiger partial charge in [-0.25, -0.2) is 15.8 Å². The van der Waals surface area contributed by atoms with Crippen molar-refractivity contribution in [3.8, 4) is 0 Å². The molecule has 0 aromatic carbocycles. The van der Waals surface area contributed by atoms with Crippen molar-refractivity contribution in [3.63, 3.8) is 0 Å². The molecule has 94 valence electrons. The fourth-order valence-corrected chi connectivity index (χ4v) is 2.49. The highest BCUT2D eigenvalue weighted by Crippen LogP contribution is 2.25. The van der Waals surface area contributed by atoms with E-state index in [0.717, 1.165) is 18.3 Å². The molecule has 0 aliphatic heterocycles. The van der Waals surface area contributed by atoms with Gasteiger partial charge in [-0.2, -0.15) is 0 Å². The molecule has 0 atom stereocenters. The Kier molecular flexibility index (Phi) is 4.14. The van der Waals surface area contributed by atoms with Crippen LogP contribution >= 0.6 is 0 Å². The number of rotatable bonds is 4. The highest BCUT2D eigenvalue weighted by molar-refractivity contribution is 5.47. The van der Waals surface area contributed by atoms with E-state index in [1.807, 2.05) is 6.07 Å². The second kappa shape index (κ2) is 5.82. The summed E-state index contributed by atoms with van der Waals surface area (Å²) in [6, 6.07) is 1.88. The van der Waals surface area contributed by atoms with E-state index in [9.17, 15) is 0 Å². The minimum absolute atomic E-state index is 0.658. The van der Waals surface area contributed by atoms with Gasteiger partial charge in [0.15, 0.2) is 0 Å². The summed E-state index contributed by atoms with van der Waals surface area (Å²) in [5, 5.41) is 0. The molecular formula is C12H21N5. The Morgan fingerprint density at radius 2 is 2.12 bits per heavy atom. The molecule has 1 saturated carbocycles. The van der Waals surface area contributed by atoms with Crippen molar-refractivity contribution in [2.75, 3.05) is 23.9 Å². The first kappa shape index (κ1) is 12.1. The van der Waals surface area contributed by atoms with Gasteiger partial charge in [-0.15, -0.1) is 0 Å². The molecule has 1 aliphatic carbocycles. The van der Waals surface area contributed by atoms with Gasteiger partial charge in [0.2, 0.25) is 0 Å². The number of nitrogens with zero attached hydrogens (tertiary/aromatic N) is 3. The maximum atomic E-state index is 5.34. The van der Waals surface area contributed by atoms with E-state index in [4.69, 9.17) is 5.84 Å². The Balaban J connectivity index is 1.95. The molecule has 0 saturated heterocycles. The van der Waals surface area contributed by atoms with Crippen molar-refractivity contribution in [3.05, 3.63) is 12.4 Å². The van der Waals surface area contributed by atoms with Crippen molar-refractivity contribution >= 4 is 11.6 Å². The van der Waals surface area contributed by atoms with Crippen LogP contribution in [0.1, 0.15) is 32.1 Å². The monoisotopic (exact) mass is 235 g/mol. The zero-order chi connectivity index (χ0) is 12.1. The highest BCUT2D eigenvalue weighted by atomic mass is 15.3. The van der Waals surface area contributed by atoms with E-state index in [1.165, 1.54) is 32.1 Å². The molecule has 5 nitrogen and oxygen atoms in total. The summed E-state index contributed by atoms with van der Waals surface area (Å²) in [5.74, 6) is 7.74. The second-order valence-corrected chi connectivity index (χ2v) is 4.79. The molecule has 17 heavy (non-hydrogen) atoms. The summed E-state index contributed by atoms with van der Waals surface area (Å²) in [5.41, 5.74) is 2.55. The van der Waals surface area contributed by atoms with E-state index >= 15 is 0 Å². The normalized spacial score (nSPS) is 16.8. The number of hydrazine groups is 1. The van der Waals surface area contributed by atoms with Gasteiger partial charge in [-0.1, -0.05) is 19.3 Å². The topological polar surface area (TPSA) is 67.1 Å². The number of anilines is 2. The Morgan fingerprint density at radius 3 is 2.82 bits per heavy atom. The summed E-state index contributed by atoms with van der Waals surface area (Å²) in [6.07, 6.45) is 8.38. The summed E-state index contributed by atoms with van der Waals surface area (Å²) < 4.78 is 0. The molecule has 0 bridgehead atoms. The van der Waals surface area contributed by atoms with Crippen LogP contribution in [0.4, 0.5) is 11.6 Å². The van der Waals surface area contributed by atoms with Crippen molar-refractivity contribution in [1.29, 1.82) is 0 Å². The van der Waals surface area contributed by atoms with E-state index in [-0.39, 0.29) is 0 Å². The van der Waals surface area contributed by atoms with E-state index < -0.39 is 0 Å². The average molecular weight is 235 g/mol. The summed E-state index contributed by atoms with van der Waals surface area (Å²) in [7, 11) is 2.08. The number of nitrogens with one attached hydrogen (secondary N) is 1. The Hall–Kier alpha value is -1.36. The lowest BCUT2D eigenvalue weighted by Gasteiger charge is -2.27. The maximum absolute atomic E-state index is 5.34. The third kappa shape index (κ3) is 3.30. The van der Waals surface area contributed by atoms with Crippen LogP contribution < -0.4 is 16.2 Å². The van der Waals surface area contributed by atoms with E-state index in [2.05, 4.69) is 27.3 Å². The summed E-state index contributed by atoms with van der Waals surface area (Å²) >= 11 is 0. The molecule has 1 heterocycles. The minimum atomic E-state index is 0.658. The molecule has 0 amide bonds. The summed E-state index contributed by atoms with van der Waals surface area (Å²) in [6.45, 7) is 1.07. The first-order valence-corrected chi connectivity index (χ1v) is 6.29. The molecule has 0 spiro atoms. The highest BCUT2D eigenvalue weighted by Gasteiger charge is 2.16. The number of nitrogen functional groups attached to an aromatic ring is 1. The predicted octanol–water partition coefficient (Wildman–Crippen LogP) is 1.78. The first-order chi connectivity index (χ1) is 8.29. The average Bonchev–Trinajstić information content (AvgIpc) is 2.40. The third-order valence-corrected chi connectivity index (χ3v) is 3.45. The molecular weight excluding hydrogens is 214 g/mol. The fraction of sp³-hybridized carbons (Fsp3) is 0.667. The van der Waals surface area contributed by atoms with E-state index in [0.29, 0.717) is 5.82 Å². The van der Waals surface area contributed by atoms with Crippen LogP contribution in [-0.2, 0) is 0 Å². The lowest BCUT2D eigenvalue weighted by atomic mass is 9.89. The van der Waals surface area contributed by atoms with Gasteiger partial charge in [0.25, 0.3) is 0 Å². The van der Waals surface area contributed by atoms with Gasteiger partial charge in [-0.05, 0) is 18.8 Å². The number of aromatic nitrogens is 2. The van der Waals surface area contributed by atoms with Gasteiger partial charge >= 0.3 is 0 Å². The zero-order valence-electron chi connectivity index (χ0n) is 10.4. The van der Waals surface area contributed by atoms with Crippen LogP contribution in [-0.4, -0.2) is 23.6 Å². The minimum Gasteiger partial charge on any atom is -0.359 e. The van der Waals surface area contributed by atoms with E-state index in [1.54, 1.807) is 6.33 Å². The first-order valence-electron chi connectivity index (χ1n) is 6.29. The number of hydrogen-bond acceptors (Lipinski definition) is 5. The van der Waals surface area contributed by atoms with Crippen molar-refractivity contribution in [2.45, 2.75) is 32.1 Å². The molecule has 1 aliphatic rings. The van der Waals surface area contributed by atoms with Crippen molar-refractivity contribution in [1.82, 2.24) is 9.97 Å². The smallest absolute Gasteiger partial charge is 0.145 e. The SMILES string of the molecule is CN(CC1CCCCC1)c1cc(NN)ncn1. The molecule has 0 radical (unpaired) electrons. The molecule has 2 rings (SSSR count). The van der Waals surface area contributed by atoms with Crippen LogP contribution in [0.2, 0.25) is 0 Å². The third-order valence-electron chi connectivity index (χ3n) is 3.45. The molecule has 1 aromatic rings. The quantitative estimate of drug-likeness (QED) is 0.615. The van der Waals surface area contributed by atoms with Crippen molar-refractivity contribution < 1.29 is 0 Å². The van der Waals surface area contributed by atoms with Gasteiger partial charge in [0, 0.05) is 19.7 Å². The van der Waals surface area contributed by atoms with Crippen LogP contribution in [0.3, 0.4) is 0 Å². The Labute approximate surface area is 102 Å². The molecule has 3 N–H and O–H groups in total. The van der Waals surface area contributed by atoms with Gasteiger partial charge in [0.1, 0.15) is 18.0 Å². The number of hydrogen-bond donors (Lipinski definition) is 2. The van der Waals surface area contributed by atoms with Crippen LogP contribution in [0.5, 0.6) is 0 Å². The molecule has 0 unspecified atom stereocenters.